The number of Topliss-reactive ketones (excluding diaryl/α,β-unsaturated/α-hetero) is 1. The van der Waals surface area contributed by atoms with Gasteiger partial charge >= 0.3 is 5.97 Å². The first kappa shape index (κ1) is 21.9. The highest BCUT2D eigenvalue weighted by Crippen LogP contribution is 2.67. The number of carbonyl (C=O) groups is 2. The Morgan fingerprint density at radius 3 is 2.52 bits per heavy atom. The Labute approximate surface area is 188 Å². The Bertz CT molecular complexity index is 715. The lowest BCUT2D eigenvalue weighted by molar-refractivity contribution is -0.161. The second kappa shape index (κ2) is 8.15. The third-order valence-electron chi connectivity index (χ3n) is 11.0. The minimum absolute atomic E-state index is 0.0167. The number of carbonyl (C=O) groups excluding carboxylic acids is 2. The van der Waals surface area contributed by atoms with Crippen molar-refractivity contribution in [1.82, 2.24) is 5.32 Å². The smallest absolute Gasteiger partial charge is 0.309 e. The van der Waals surface area contributed by atoms with Crippen LogP contribution >= 0.6 is 0 Å². The van der Waals surface area contributed by atoms with Gasteiger partial charge in [-0.2, -0.15) is 0 Å². The van der Waals surface area contributed by atoms with Gasteiger partial charge in [0.25, 0.3) is 0 Å². The molecule has 0 heterocycles. The number of nitrogens with one attached hydrogen (secondary N) is 1. The maximum absolute atomic E-state index is 12.8. The number of fused-ring (bicyclic) bond motifs is 5. The molecule has 4 heteroatoms. The molecule has 3 unspecified atom stereocenters. The zero-order chi connectivity index (χ0) is 21.8. The molecule has 5 aliphatic carbocycles. The molecule has 8 atom stereocenters. The van der Waals surface area contributed by atoms with Gasteiger partial charge in [0.05, 0.1) is 13.0 Å². The normalized spacial score (nSPS) is 47.9. The fourth-order valence-corrected chi connectivity index (χ4v) is 9.49. The molecule has 0 aromatic rings. The van der Waals surface area contributed by atoms with Crippen molar-refractivity contribution in [3.8, 4) is 0 Å². The molecule has 4 nitrogen and oxygen atoms in total. The van der Waals surface area contributed by atoms with Crippen LogP contribution in [0, 0.1) is 40.4 Å². The van der Waals surface area contributed by atoms with E-state index in [0.717, 1.165) is 32.1 Å². The Morgan fingerprint density at radius 2 is 1.77 bits per heavy atom. The first-order valence-corrected chi connectivity index (χ1v) is 13.2. The van der Waals surface area contributed by atoms with E-state index in [2.05, 4.69) is 19.2 Å². The Kier molecular flexibility index (Phi) is 5.76. The van der Waals surface area contributed by atoms with E-state index in [1.165, 1.54) is 51.4 Å². The molecule has 5 rings (SSSR count). The monoisotopic (exact) mass is 429 g/mol. The van der Waals surface area contributed by atoms with Crippen LogP contribution in [0.5, 0.6) is 0 Å². The zero-order valence-corrected chi connectivity index (χ0v) is 20.0. The van der Waals surface area contributed by atoms with E-state index in [1.807, 2.05) is 0 Å². The van der Waals surface area contributed by atoms with Gasteiger partial charge in [-0.25, -0.2) is 0 Å². The third kappa shape index (κ3) is 3.50. The molecule has 0 aromatic carbocycles. The van der Waals surface area contributed by atoms with Gasteiger partial charge in [-0.1, -0.05) is 33.1 Å². The van der Waals surface area contributed by atoms with Crippen molar-refractivity contribution in [2.45, 2.75) is 109 Å². The number of esters is 1. The summed E-state index contributed by atoms with van der Waals surface area (Å²) in [6.45, 7) is 4.95. The van der Waals surface area contributed by atoms with Crippen LogP contribution in [0.3, 0.4) is 0 Å². The van der Waals surface area contributed by atoms with Crippen molar-refractivity contribution in [1.29, 1.82) is 0 Å². The van der Waals surface area contributed by atoms with Crippen molar-refractivity contribution in [2.24, 2.45) is 40.4 Å². The quantitative estimate of drug-likeness (QED) is 0.620. The molecule has 0 aromatic heterocycles. The molecule has 31 heavy (non-hydrogen) atoms. The molecule has 0 amide bonds. The largest absolute Gasteiger partial charge is 0.469 e. The average Bonchev–Trinajstić information content (AvgIpc) is 3.11. The number of ether oxygens (including phenoxy) is 1. The SMILES string of the molecule is COC(=O)C1CC[C@H]2[C@@H]3CCC4CC(=O)CC[C@]4(C)[C@@H]3C(NC3CCCCC3)C[C@]12C. The van der Waals surface area contributed by atoms with Crippen LogP contribution in [0.15, 0.2) is 0 Å². The molecule has 5 saturated carbocycles. The predicted molar refractivity (Wildman–Crippen MR) is 121 cm³/mol. The molecule has 5 fully saturated rings. The van der Waals surface area contributed by atoms with Gasteiger partial charge in [-0.3, -0.25) is 9.59 Å². The van der Waals surface area contributed by atoms with E-state index < -0.39 is 0 Å². The molecule has 0 bridgehead atoms. The van der Waals surface area contributed by atoms with Crippen LogP contribution in [0.4, 0.5) is 0 Å². The Balaban J connectivity index is 1.49. The predicted octanol–water partition coefficient (Wildman–Crippen LogP) is 5.29. The summed E-state index contributed by atoms with van der Waals surface area (Å²) in [6.07, 6.45) is 15.0. The number of hydrogen-bond acceptors (Lipinski definition) is 4. The number of rotatable bonds is 3. The van der Waals surface area contributed by atoms with Crippen LogP contribution in [0.25, 0.3) is 0 Å². The van der Waals surface area contributed by atoms with Crippen LogP contribution in [-0.4, -0.2) is 30.9 Å². The summed E-state index contributed by atoms with van der Waals surface area (Å²) in [5.41, 5.74) is 0.322. The van der Waals surface area contributed by atoms with E-state index in [0.29, 0.717) is 41.5 Å². The van der Waals surface area contributed by atoms with Gasteiger partial charge in [0.2, 0.25) is 0 Å². The fourth-order valence-electron chi connectivity index (χ4n) is 9.49. The van der Waals surface area contributed by atoms with E-state index >= 15 is 0 Å². The number of hydrogen-bond donors (Lipinski definition) is 1. The van der Waals surface area contributed by atoms with Crippen LogP contribution in [0.2, 0.25) is 0 Å². The van der Waals surface area contributed by atoms with Crippen LogP contribution < -0.4 is 5.32 Å². The molecule has 0 aliphatic heterocycles. The van der Waals surface area contributed by atoms with Gasteiger partial charge in [0.1, 0.15) is 5.78 Å². The lowest BCUT2D eigenvalue weighted by Gasteiger charge is -2.63. The molecule has 174 valence electrons. The standard InChI is InChI=1S/C27H43NO3/c1-26-14-13-19(29)15-17(26)9-10-20-21-11-12-22(25(30)31-3)27(21,2)16-23(24(20)26)28-18-7-5-4-6-8-18/h17-18,20-24,28H,4-16H2,1-3H3/t17?,20-,21-,22?,23?,24-,26-,27-/m0/s1. The third-order valence-corrected chi connectivity index (χ3v) is 11.0. The zero-order valence-electron chi connectivity index (χ0n) is 20.0. The minimum atomic E-state index is 0.0167. The van der Waals surface area contributed by atoms with Gasteiger partial charge < -0.3 is 10.1 Å². The molecular formula is C27H43NO3. The van der Waals surface area contributed by atoms with Crippen molar-refractivity contribution in [2.75, 3.05) is 7.11 Å². The topological polar surface area (TPSA) is 55.4 Å². The van der Waals surface area contributed by atoms with Crippen LogP contribution in [0.1, 0.15) is 97.3 Å². The van der Waals surface area contributed by atoms with Gasteiger partial charge in [0.15, 0.2) is 0 Å². The average molecular weight is 430 g/mol. The van der Waals surface area contributed by atoms with E-state index in [1.54, 1.807) is 7.11 Å². The molecular weight excluding hydrogens is 386 g/mol. The van der Waals surface area contributed by atoms with Gasteiger partial charge in [-0.05, 0) is 85.9 Å². The second-order valence-corrected chi connectivity index (χ2v) is 12.3. The molecule has 0 radical (unpaired) electrons. The summed E-state index contributed by atoms with van der Waals surface area (Å²) < 4.78 is 5.29. The van der Waals surface area contributed by atoms with Crippen molar-refractivity contribution in [3.63, 3.8) is 0 Å². The molecule has 0 saturated heterocycles. The second-order valence-electron chi connectivity index (χ2n) is 12.3. The van der Waals surface area contributed by atoms with Crippen molar-refractivity contribution < 1.29 is 14.3 Å². The summed E-state index contributed by atoms with van der Waals surface area (Å²) in [4.78, 5) is 25.1. The van der Waals surface area contributed by atoms with Crippen molar-refractivity contribution in [3.05, 3.63) is 0 Å². The first-order valence-electron chi connectivity index (χ1n) is 13.2. The Hall–Kier alpha value is -0.900. The van der Waals surface area contributed by atoms with E-state index in [-0.39, 0.29) is 22.7 Å². The summed E-state index contributed by atoms with van der Waals surface area (Å²) >= 11 is 0. The highest BCUT2D eigenvalue weighted by atomic mass is 16.5. The minimum Gasteiger partial charge on any atom is -0.469 e. The maximum Gasteiger partial charge on any atom is 0.309 e. The van der Waals surface area contributed by atoms with Crippen LogP contribution in [-0.2, 0) is 14.3 Å². The number of methoxy groups -OCH3 is 1. The lowest BCUT2D eigenvalue weighted by Crippen LogP contribution is -2.63. The van der Waals surface area contributed by atoms with E-state index in [4.69, 9.17) is 4.74 Å². The van der Waals surface area contributed by atoms with Crippen molar-refractivity contribution >= 4 is 11.8 Å². The van der Waals surface area contributed by atoms with Gasteiger partial charge in [0, 0.05) is 24.9 Å². The highest BCUT2D eigenvalue weighted by molar-refractivity contribution is 5.79. The van der Waals surface area contributed by atoms with E-state index in [9.17, 15) is 9.59 Å². The molecule has 0 spiro atoms. The van der Waals surface area contributed by atoms with Gasteiger partial charge in [-0.15, -0.1) is 0 Å². The number of ketones is 1. The summed E-state index contributed by atoms with van der Waals surface area (Å²) in [7, 11) is 1.56. The summed E-state index contributed by atoms with van der Waals surface area (Å²) in [6, 6.07) is 1.10. The first-order chi connectivity index (χ1) is 14.9. The Morgan fingerprint density at radius 1 is 1.00 bits per heavy atom. The maximum atomic E-state index is 12.8. The summed E-state index contributed by atoms with van der Waals surface area (Å²) in [5, 5.41) is 4.20. The summed E-state index contributed by atoms with van der Waals surface area (Å²) in [5.74, 6) is 3.08. The molecule has 5 aliphatic rings. The highest BCUT2D eigenvalue weighted by Gasteiger charge is 2.64. The fraction of sp³-hybridized carbons (Fsp3) is 0.926. The lowest BCUT2D eigenvalue weighted by atomic mass is 9.43. The molecule has 1 N–H and O–H groups in total.